The lowest BCUT2D eigenvalue weighted by molar-refractivity contribution is 0.0854. The Kier molecular flexibility index (Phi) is 3.49. The topological polar surface area (TPSA) is 54.1 Å². The van der Waals surface area contributed by atoms with Gasteiger partial charge in [-0.05, 0) is 49.9 Å². The number of amides is 1. The number of hydrogen-bond donors (Lipinski definition) is 2. The zero-order valence-electron chi connectivity index (χ0n) is 12.0. The molecular weight excluding hydrogens is 252 g/mol. The van der Waals surface area contributed by atoms with E-state index in [2.05, 4.69) is 36.3 Å². The molecule has 20 heavy (non-hydrogen) atoms. The summed E-state index contributed by atoms with van der Waals surface area (Å²) in [4.78, 5) is 15.4. The number of H-pyrrole nitrogens is 1. The van der Waals surface area contributed by atoms with Crippen LogP contribution in [-0.4, -0.2) is 30.1 Å². The number of ether oxygens (including phenoxy) is 1. The third-order valence-corrected chi connectivity index (χ3v) is 3.85. The van der Waals surface area contributed by atoms with Crippen molar-refractivity contribution in [3.05, 3.63) is 35.0 Å². The van der Waals surface area contributed by atoms with E-state index in [4.69, 9.17) is 4.74 Å². The van der Waals surface area contributed by atoms with E-state index in [1.165, 1.54) is 11.1 Å². The summed E-state index contributed by atoms with van der Waals surface area (Å²) in [5.74, 6) is -0.0613. The SMILES string of the molecule is Cc1cc(C)c2cc(C(=O)NCC3CCCO3)[nH]c2c1. The van der Waals surface area contributed by atoms with E-state index >= 15 is 0 Å². The van der Waals surface area contributed by atoms with Crippen molar-refractivity contribution in [2.24, 2.45) is 0 Å². The largest absolute Gasteiger partial charge is 0.376 e. The van der Waals surface area contributed by atoms with Crippen molar-refractivity contribution in [1.29, 1.82) is 0 Å². The number of aryl methyl sites for hydroxylation is 2. The summed E-state index contributed by atoms with van der Waals surface area (Å²) < 4.78 is 5.51. The van der Waals surface area contributed by atoms with Gasteiger partial charge in [0, 0.05) is 24.1 Å². The number of hydrogen-bond acceptors (Lipinski definition) is 2. The summed E-state index contributed by atoms with van der Waals surface area (Å²) >= 11 is 0. The van der Waals surface area contributed by atoms with Crippen LogP contribution >= 0.6 is 0 Å². The normalized spacial score (nSPS) is 18.6. The van der Waals surface area contributed by atoms with E-state index in [-0.39, 0.29) is 12.0 Å². The molecule has 106 valence electrons. The molecule has 1 aliphatic heterocycles. The Balaban J connectivity index is 1.75. The summed E-state index contributed by atoms with van der Waals surface area (Å²) in [6.45, 7) is 5.53. The Morgan fingerprint density at radius 2 is 2.25 bits per heavy atom. The van der Waals surface area contributed by atoms with Crippen LogP contribution in [0.2, 0.25) is 0 Å². The lowest BCUT2D eigenvalue weighted by atomic mass is 10.1. The van der Waals surface area contributed by atoms with Crippen molar-refractivity contribution in [2.45, 2.75) is 32.8 Å². The number of rotatable bonds is 3. The Bertz CT molecular complexity index is 639. The predicted molar refractivity (Wildman–Crippen MR) is 79.1 cm³/mol. The number of aromatic nitrogens is 1. The molecule has 0 spiro atoms. The Hall–Kier alpha value is -1.81. The monoisotopic (exact) mass is 272 g/mol. The van der Waals surface area contributed by atoms with Gasteiger partial charge in [-0.1, -0.05) is 6.07 Å². The van der Waals surface area contributed by atoms with Gasteiger partial charge in [0.05, 0.1) is 6.10 Å². The van der Waals surface area contributed by atoms with Crippen molar-refractivity contribution in [3.63, 3.8) is 0 Å². The highest BCUT2D eigenvalue weighted by Crippen LogP contribution is 2.21. The number of nitrogens with one attached hydrogen (secondary N) is 2. The summed E-state index contributed by atoms with van der Waals surface area (Å²) in [5.41, 5.74) is 4.02. The van der Waals surface area contributed by atoms with E-state index in [9.17, 15) is 4.79 Å². The molecule has 2 N–H and O–H groups in total. The maximum absolute atomic E-state index is 12.2. The van der Waals surface area contributed by atoms with Gasteiger partial charge >= 0.3 is 0 Å². The van der Waals surface area contributed by atoms with Gasteiger partial charge in [0.25, 0.3) is 5.91 Å². The minimum absolute atomic E-state index is 0.0613. The average molecular weight is 272 g/mol. The zero-order chi connectivity index (χ0) is 14.1. The first-order chi connectivity index (χ1) is 9.63. The second-order valence-electron chi connectivity index (χ2n) is 5.57. The molecule has 1 saturated heterocycles. The average Bonchev–Trinajstić information content (AvgIpc) is 3.04. The molecule has 3 rings (SSSR count). The number of aromatic amines is 1. The molecule has 0 aliphatic carbocycles. The number of carbonyl (C=O) groups is 1. The molecule has 0 bridgehead atoms. The molecule has 1 atom stereocenters. The Morgan fingerprint density at radius 1 is 1.40 bits per heavy atom. The van der Waals surface area contributed by atoms with E-state index in [0.29, 0.717) is 12.2 Å². The summed E-state index contributed by atoms with van der Waals surface area (Å²) in [5, 5.41) is 4.05. The van der Waals surface area contributed by atoms with Crippen molar-refractivity contribution in [1.82, 2.24) is 10.3 Å². The number of carbonyl (C=O) groups excluding carboxylic acids is 1. The van der Waals surface area contributed by atoms with E-state index < -0.39 is 0 Å². The first-order valence-corrected chi connectivity index (χ1v) is 7.13. The second-order valence-corrected chi connectivity index (χ2v) is 5.57. The molecule has 0 saturated carbocycles. The first kappa shape index (κ1) is 13.2. The maximum Gasteiger partial charge on any atom is 0.267 e. The van der Waals surface area contributed by atoms with Crippen LogP contribution < -0.4 is 5.32 Å². The Labute approximate surface area is 118 Å². The molecule has 4 nitrogen and oxygen atoms in total. The summed E-state index contributed by atoms with van der Waals surface area (Å²) in [6.07, 6.45) is 2.30. The van der Waals surface area contributed by atoms with Crippen LogP contribution in [0.15, 0.2) is 18.2 Å². The standard InChI is InChI=1S/C16H20N2O2/c1-10-6-11(2)13-8-15(18-14(13)7-10)16(19)17-9-12-4-3-5-20-12/h6-8,12,18H,3-5,9H2,1-2H3,(H,17,19). The van der Waals surface area contributed by atoms with Gasteiger partial charge < -0.3 is 15.0 Å². The van der Waals surface area contributed by atoms with Gasteiger partial charge in [0.1, 0.15) is 5.69 Å². The van der Waals surface area contributed by atoms with Crippen molar-refractivity contribution < 1.29 is 9.53 Å². The molecule has 1 aromatic carbocycles. The minimum atomic E-state index is -0.0613. The highest BCUT2D eigenvalue weighted by atomic mass is 16.5. The molecule has 2 aromatic rings. The van der Waals surface area contributed by atoms with Crippen LogP contribution in [0.1, 0.15) is 34.5 Å². The van der Waals surface area contributed by atoms with Crippen LogP contribution in [0.4, 0.5) is 0 Å². The lowest BCUT2D eigenvalue weighted by Gasteiger charge is -2.09. The van der Waals surface area contributed by atoms with Crippen LogP contribution in [-0.2, 0) is 4.74 Å². The molecular formula is C16H20N2O2. The molecule has 1 unspecified atom stereocenters. The fourth-order valence-corrected chi connectivity index (χ4v) is 2.83. The van der Waals surface area contributed by atoms with Gasteiger partial charge in [-0.2, -0.15) is 0 Å². The summed E-state index contributed by atoms with van der Waals surface area (Å²) in [7, 11) is 0. The third-order valence-electron chi connectivity index (χ3n) is 3.85. The Morgan fingerprint density at radius 3 is 3.00 bits per heavy atom. The lowest BCUT2D eigenvalue weighted by Crippen LogP contribution is -2.31. The molecule has 1 aliphatic rings. The van der Waals surface area contributed by atoms with Crippen LogP contribution in [0.5, 0.6) is 0 Å². The van der Waals surface area contributed by atoms with Crippen molar-refractivity contribution >= 4 is 16.8 Å². The fourth-order valence-electron chi connectivity index (χ4n) is 2.83. The van der Waals surface area contributed by atoms with Gasteiger partial charge in [-0.3, -0.25) is 4.79 Å². The second kappa shape index (κ2) is 5.29. The van der Waals surface area contributed by atoms with Crippen molar-refractivity contribution in [2.75, 3.05) is 13.2 Å². The van der Waals surface area contributed by atoms with Crippen LogP contribution in [0.3, 0.4) is 0 Å². The number of benzene rings is 1. The van der Waals surface area contributed by atoms with Crippen LogP contribution in [0.25, 0.3) is 10.9 Å². The maximum atomic E-state index is 12.2. The molecule has 1 aromatic heterocycles. The van der Waals surface area contributed by atoms with Crippen LogP contribution in [0, 0.1) is 13.8 Å². The molecule has 1 fully saturated rings. The van der Waals surface area contributed by atoms with E-state index in [1.54, 1.807) is 0 Å². The number of fused-ring (bicyclic) bond motifs is 1. The fraction of sp³-hybridized carbons (Fsp3) is 0.438. The zero-order valence-corrected chi connectivity index (χ0v) is 12.0. The molecule has 2 heterocycles. The summed E-state index contributed by atoms with van der Waals surface area (Å²) in [6, 6.07) is 6.12. The quantitative estimate of drug-likeness (QED) is 0.902. The van der Waals surface area contributed by atoms with Crippen molar-refractivity contribution in [3.8, 4) is 0 Å². The van der Waals surface area contributed by atoms with Gasteiger partial charge in [0.2, 0.25) is 0 Å². The van der Waals surface area contributed by atoms with Gasteiger partial charge in [-0.25, -0.2) is 0 Å². The smallest absolute Gasteiger partial charge is 0.267 e. The highest BCUT2D eigenvalue weighted by molar-refractivity contribution is 5.99. The molecule has 1 amide bonds. The van der Waals surface area contributed by atoms with E-state index in [1.807, 2.05) is 6.07 Å². The molecule has 4 heteroatoms. The van der Waals surface area contributed by atoms with Gasteiger partial charge in [0.15, 0.2) is 0 Å². The predicted octanol–water partition coefficient (Wildman–Crippen LogP) is 2.69. The molecule has 0 radical (unpaired) electrons. The first-order valence-electron chi connectivity index (χ1n) is 7.13. The third kappa shape index (κ3) is 2.56. The van der Waals surface area contributed by atoms with E-state index in [0.717, 1.165) is 30.4 Å². The van der Waals surface area contributed by atoms with Gasteiger partial charge in [-0.15, -0.1) is 0 Å². The highest BCUT2D eigenvalue weighted by Gasteiger charge is 2.17. The minimum Gasteiger partial charge on any atom is -0.376 e.